The molecule has 1 aliphatic rings. The van der Waals surface area contributed by atoms with Crippen molar-refractivity contribution in [1.29, 1.82) is 0 Å². The molecule has 4 aromatic rings. The van der Waals surface area contributed by atoms with Gasteiger partial charge in [-0.05, 0) is 68.5 Å². The maximum atomic E-state index is 5.02. The highest BCUT2D eigenvalue weighted by Crippen LogP contribution is 2.26. The van der Waals surface area contributed by atoms with E-state index in [1.54, 1.807) is 0 Å². The molecule has 5 heteroatoms. The normalized spacial score (nSPS) is 18.0. The summed E-state index contributed by atoms with van der Waals surface area (Å²) >= 11 is 0. The van der Waals surface area contributed by atoms with Crippen LogP contribution in [0.15, 0.2) is 54.7 Å². The van der Waals surface area contributed by atoms with Gasteiger partial charge in [0, 0.05) is 11.6 Å². The molecule has 1 atom stereocenters. The lowest BCUT2D eigenvalue weighted by Crippen LogP contribution is -2.14. The van der Waals surface area contributed by atoms with Crippen LogP contribution in [0.5, 0.6) is 0 Å². The van der Waals surface area contributed by atoms with Crippen molar-refractivity contribution in [2.75, 3.05) is 13.1 Å². The van der Waals surface area contributed by atoms with E-state index in [1.807, 2.05) is 34.9 Å². The van der Waals surface area contributed by atoms with Crippen LogP contribution in [0.4, 0.5) is 0 Å². The first-order chi connectivity index (χ1) is 13.4. The maximum Gasteiger partial charge on any atom is 0.187 e. The molecule has 1 fully saturated rings. The Morgan fingerprint density at radius 2 is 1.96 bits per heavy atom. The fourth-order valence-corrected chi connectivity index (χ4v) is 4.12. The Morgan fingerprint density at radius 1 is 0.963 bits per heavy atom. The fraction of sp³-hybridized carbons (Fsp3) is 0.318. The Bertz CT molecular complexity index is 1080. The Balaban J connectivity index is 1.56. The summed E-state index contributed by atoms with van der Waals surface area (Å²) in [4.78, 5) is 5.02. The minimum Gasteiger partial charge on any atom is -0.317 e. The van der Waals surface area contributed by atoms with Gasteiger partial charge in [0.15, 0.2) is 11.5 Å². The number of rotatable bonds is 3. The van der Waals surface area contributed by atoms with E-state index in [9.17, 15) is 0 Å². The van der Waals surface area contributed by atoms with E-state index in [1.165, 1.54) is 30.2 Å². The predicted octanol–water partition coefficient (Wildman–Crippen LogP) is 3.88. The highest BCUT2D eigenvalue weighted by molar-refractivity contribution is 5.84. The van der Waals surface area contributed by atoms with Gasteiger partial charge in [0.2, 0.25) is 0 Å². The van der Waals surface area contributed by atoms with Crippen LogP contribution in [0, 0.1) is 5.92 Å². The van der Waals surface area contributed by atoms with Crippen LogP contribution in [0.1, 0.15) is 24.8 Å². The van der Waals surface area contributed by atoms with Crippen molar-refractivity contribution < 1.29 is 0 Å². The third kappa shape index (κ3) is 3.19. The molecule has 1 unspecified atom stereocenters. The van der Waals surface area contributed by atoms with E-state index < -0.39 is 0 Å². The maximum absolute atomic E-state index is 5.02. The molecule has 136 valence electrons. The van der Waals surface area contributed by atoms with Crippen molar-refractivity contribution in [2.45, 2.75) is 25.7 Å². The Morgan fingerprint density at radius 3 is 2.96 bits per heavy atom. The van der Waals surface area contributed by atoms with Gasteiger partial charge >= 0.3 is 0 Å². The van der Waals surface area contributed by atoms with Gasteiger partial charge in [-0.3, -0.25) is 4.40 Å². The molecule has 1 saturated heterocycles. The second-order valence-corrected chi connectivity index (χ2v) is 7.39. The second-order valence-electron chi connectivity index (χ2n) is 7.39. The minimum absolute atomic E-state index is 0.727. The summed E-state index contributed by atoms with van der Waals surface area (Å²) in [5.41, 5.74) is 4.15. The molecular weight excluding hydrogens is 334 g/mol. The van der Waals surface area contributed by atoms with Gasteiger partial charge in [-0.2, -0.15) is 0 Å². The van der Waals surface area contributed by atoms with Crippen molar-refractivity contribution in [3.63, 3.8) is 0 Å². The quantitative estimate of drug-likeness (QED) is 0.605. The van der Waals surface area contributed by atoms with E-state index in [-0.39, 0.29) is 0 Å². The molecular formula is C22H23N5. The van der Waals surface area contributed by atoms with Crippen LogP contribution in [-0.4, -0.2) is 32.7 Å². The monoisotopic (exact) mass is 357 g/mol. The number of fused-ring (bicyclic) bond motifs is 2. The minimum atomic E-state index is 0.727. The fourth-order valence-electron chi connectivity index (χ4n) is 4.12. The van der Waals surface area contributed by atoms with Crippen molar-refractivity contribution in [1.82, 2.24) is 24.9 Å². The molecule has 4 heterocycles. The van der Waals surface area contributed by atoms with Gasteiger partial charge in [0.05, 0.1) is 5.52 Å². The number of nitrogens with zero attached hydrogens (tertiary/aromatic N) is 4. The standard InChI is InChI=1S/C22H23N5/c1-2-14-27-20(8-1)25-26-22(27)19-10-9-17-6-3-7-18(21(17)24-19)15-16-5-4-12-23-13-11-16/h1-3,6-10,14,16,23H,4-5,11-13,15H2. The summed E-state index contributed by atoms with van der Waals surface area (Å²) in [6.45, 7) is 2.27. The molecule has 5 rings (SSSR count). The second kappa shape index (κ2) is 7.08. The van der Waals surface area contributed by atoms with E-state index in [4.69, 9.17) is 4.98 Å². The predicted molar refractivity (Wildman–Crippen MR) is 108 cm³/mol. The van der Waals surface area contributed by atoms with Gasteiger partial charge in [-0.1, -0.05) is 30.3 Å². The summed E-state index contributed by atoms with van der Waals surface area (Å²) in [7, 11) is 0. The summed E-state index contributed by atoms with van der Waals surface area (Å²) < 4.78 is 1.99. The lowest BCUT2D eigenvalue weighted by molar-refractivity contribution is 0.471. The summed E-state index contributed by atoms with van der Waals surface area (Å²) in [6, 6.07) is 16.7. The molecule has 3 aromatic heterocycles. The van der Waals surface area contributed by atoms with Crippen molar-refractivity contribution >= 4 is 16.6 Å². The Kier molecular flexibility index (Phi) is 4.30. The van der Waals surface area contributed by atoms with E-state index >= 15 is 0 Å². The molecule has 0 aliphatic carbocycles. The average molecular weight is 357 g/mol. The Labute approximate surface area is 158 Å². The highest BCUT2D eigenvalue weighted by Gasteiger charge is 2.16. The summed E-state index contributed by atoms with van der Waals surface area (Å²) in [5.74, 6) is 1.52. The molecule has 0 bridgehead atoms. The van der Waals surface area contributed by atoms with Crippen molar-refractivity contribution in [3.05, 3.63) is 60.3 Å². The van der Waals surface area contributed by atoms with Crippen LogP contribution < -0.4 is 5.32 Å². The largest absolute Gasteiger partial charge is 0.317 e. The zero-order valence-electron chi connectivity index (χ0n) is 15.3. The number of nitrogens with one attached hydrogen (secondary N) is 1. The van der Waals surface area contributed by atoms with Crippen molar-refractivity contribution in [3.8, 4) is 11.5 Å². The first-order valence-electron chi connectivity index (χ1n) is 9.78. The average Bonchev–Trinajstić information content (AvgIpc) is 2.97. The molecule has 1 aliphatic heterocycles. The first-order valence-corrected chi connectivity index (χ1v) is 9.78. The number of pyridine rings is 2. The molecule has 0 radical (unpaired) electrons. The van der Waals surface area contributed by atoms with Gasteiger partial charge in [0.1, 0.15) is 5.69 Å². The number of aromatic nitrogens is 4. The number of para-hydroxylation sites is 1. The van der Waals surface area contributed by atoms with Crippen LogP contribution in [0.3, 0.4) is 0 Å². The summed E-state index contributed by atoms with van der Waals surface area (Å²) in [5, 5.41) is 13.3. The van der Waals surface area contributed by atoms with Crippen LogP contribution in [-0.2, 0) is 6.42 Å². The highest BCUT2D eigenvalue weighted by atomic mass is 15.2. The third-order valence-corrected chi connectivity index (χ3v) is 5.55. The van der Waals surface area contributed by atoms with Crippen molar-refractivity contribution in [2.24, 2.45) is 5.92 Å². The molecule has 0 amide bonds. The molecule has 1 N–H and O–H groups in total. The van der Waals surface area contributed by atoms with Crippen LogP contribution in [0.25, 0.3) is 28.1 Å². The van der Waals surface area contributed by atoms with E-state index in [2.05, 4.69) is 39.8 Å². The Hall–Kier alpha value is -2.79. The molecule has 27 heavy (non-hydrogen) atoms. The zero-order chi connectivity index (χ0) is 18.1. The number of benzene rings is 1. The SMILES string of the molecule is c1cc(CC2CCCNCC2)c2nc(-c3nnc4ccccn34)ccc2c1. The summed E-state index contributed by atoms with van der Waals surface area (Å²) in [6.07, 6.45) is 6.87. The lowest BCUT2D eigenvalue weighted by atomic mass is 9.91. The topological polar surface area (TPSA) is 55.1 Å². The van der Waals surface area contributed by atoms with Gasteiger partial charge in [-0.15, -0.1) is 10.2 Å². The lowest BCUT2D eigenvalue weighted by Gasteiger charge is -2.15. The van der Waals surface area contributed by atoms with Gasteiger partial charge < -0.3 is 5.32 Å². The number of hydrogen-bond donors (Lipinski definition) is 1. The molecule has 0 saturated carbocycles. The zero-order valence-corrected chi connectivity index (χ0v) is 15.3. The first kappa shape index (κ1) is 16.4. The van der Waals surface area contributed by atoms with E-state index in [0.29, 0.717) is 0 Å². The van der Waals surface area contributed by atoms with E-state index in [0.717, 1.165) is 48.1 Å². The van der Waals surface area contributed by atoms with Gasteiger partial charge in [0.25, 0.3) is 0 Å². The molecule has 0 spiro atoms. The van der Waals surface area contributed by atoms with Gasteiger partial charge in [-0.25, -0.2) is 4.98 Å². The van der Waals surface area contributed by atoms with Crippen LogP contribution >= 0.6 is 0 Å². The molecule has 1 aromatic carbocycles. The number of hydrogen-bond acceptors (Lipinski definition) is 4. The molecule has 5 nitrogen and oxygen atoms in total. The van der Waals surface area contributed by atoms with Crippen LogP contribution in [0.2, 0.25) is 0 Å². The third-order valence-electron chi connectivity index (χ3n) is 5.55. The smallest absolute Gasteiger partial charge is 0.187 e.